The van der Waals surface area contributed by atoms with Gasteiger partial charge in [0.1, 0.15) is 11.5 Å². The van der Waals surface area contributed by atoms with Crippen molar-refractivity contribution in [2.24, 2.45) is 0 Å². The number of aromatic nitrogens is 2. The average molecular weight is 208 g/mol. The number of carbonyl (C=O) groups is 2. The van der Waals surface area contributed by atoms with E-state index in [0.29, 0.717) is 17.8 Å². The van der Waals surface area contributed by atoms with Gasteiger partial charge in [-0.25, -0.2) is 4.98 Å². The van der Waals surface area contributed by atoms with Gasteiger partial charge in [-0.1, -0.05) is 13.8 Å². The SMILES string of the molecule is CCCc1nc(CC)c(C(=O)C(C)=O)[nH]1. The Morgan fingerprint density at radius 1 is 1.33 bits per heavy atom. The summed E-state index contributed by atoms with van der Waals surface area (Å²) in [6.07, 6.45) is 2.43. The summed E-state index contributed by atoms with van der Waals surface area (Å²) in [7, 11) is 0. The number of hydrogen-bond donors (Lipinski definition) is 1. The first-order valence-electron chi connectivity index (χ1n) is 5.23. The van der Waals surface area contributed by atoms with Crippen LogP contribution in [0.3, 0.4) is 0 Å². The Morgan fingerprint density at radius 2 is 2.00 bits per heavy atom. The lowest BCUT2D eigenvalue weighted by Gasteiger charge is -1.94. The number of aromatic amines is 1. The van der Waals surface area contributed by atoms with Crippen LogP contribution in [0.5, 0.6) is 0 Å². The molecule has 4 heteroatoms. The molecular weight excluding hydrogens is 192 g/mol. The van der Waals surface area contributed by atoms with E-state index in [9.17, 15) is 9.59 Å². The number of hydrogen-bond acceptors (Lipinski definition) is 3. The molecule has 0 amide bonds. The number of H-pyrrole nitrogens is 1. The molecule has 0 spiro atoms. The van der Waals surface area contributed by atoms with E-state index >= 15 is 0 Å². The minimum atomic E-state index is -0.471. The summed E-state index contributed by atoms with van der Waals surface area (Å²) < 4.78 is 0. The fourth-order valence-corrected chi connectivity index (χ4v) is 1.44. The summed E-state index contributed by atoms with van der Waals surface area (Å²) in [6.45, 7) is 5.24. The van der Waals surface area contributed by atoms with Crippen LogP contribution in [-0.2, 0) is 17.6 Å². The second-order valence-electron chi connectivity index (χ2n) is 3.49. The normalized spacial score (nSPS) is 10.3. The largest absolute Gasteiger partial charge is 0.339 e. The highest BCUT2D eigenvalue weighted by Gasteiger charge is 2.18. The van der Waals surface area contributed by atoms with Gasteiger partial charge in [-0.05, 0) is 12.8 Å². The molecule has 1 rings (SSSR count). The van der Waals surface area contributed by atoms with Crippen molar-refractivity contribution < 1.29 is 9.59 Å². The highest BCUT2D eigenvalue weighted by molar-refractivity contribution is 6.42. The molecule has 0 saturated carbocycles. The molecule has 0 atom stereocenters. The summed E-state index contributed by atoms with van der Waals surface area (Å²) >= 11 is 0. The van der Waals surface area contributed by atoms with Crippen molar-refractivity contribution in [3.05, 3.63) is 17.2 Å². The van der Waals surface area contributed by atoms with Gasteiger partial charge in [-0.2, -0.15) is 0 Å². The van der Waals surface area contributed by atoms with Crippen LogP contribution in [0.25, 0.3) is 0 Å². The molecule has 0 aromatic carbocycles. The van der Waals surface area contributed by atoms with E-state index in [1.54, 1.807) is 0 Å². The van der Waals surface area contributed by atoms with Gasteiger partial charge in [0.05, 0.1) is 5.69 Å². The first-order valence-corrected chi connectivity index (χ1v) is 5.23. The fraction of sp³-hybridized carbons (Fsp3) is 0.545. The third-order valence-electron chi connectivity index (χ3n) is 2.20. The Labute approximate surface area is 89.1 Å². The summed E-state index contributed by atoms with van der Waals surface area (Å²) in [5.74, 6) is -0.128. The average Bonchev–Trinajstić information content (AvgIpc) is 2.60. The number of rotatable bonds is 5. The number of imidazole rings is 1. The Kier molecular flexibility index (Phi) is 3.77. The molecule has 0 fully saturated rings. The smallest absolute Gasteiger partial charge is 0.246 e. The first kappa shape index (κ1) is 11.6. The number of ketones is 2. The molecule has 1 N–H and O–H groups in total. The third-order valence-corrected chi connectivity index (χ3v) is 2.20. The minimum absolute atomic E-state index is 0.369. The van der Waals surface area contributed by atoms with Crippen molar-refractivity contribution in [2.45, 2.75) is 40.0 Å². The first-order chi connectivity index (χ1) is 7.10. The van der Waals surface area contributed by atoms with E-state index in [0.717, 1.165) is 18.7 Å². The Morgan fingerprint density at radius 3 is 2.47 bits per heavy atom. The zero-order valence-electron chi connectivity index (χ0n) is 9.39. The minimum Gasteiger partial charge on any atom is -0.339 e. The van der Waals surface area contributed by atoms with Crippen LogP contribution >= 0.6 is 0 Å². The van der Waals surface area contributed by atoms with Gasteiger partial charge in [-0.3, -0.25) is 9.59 Å². The van der Waals surface area contributed by atoms with Gasteiger partial charge in [0.2, 0.25) is 11.6 Å². The Balaban J connectivity index is 3.05. The Hall–Kier alpha value is -1.45. The van der Waals surface area contributed by atoms with E-state index in [1.807, 2.05) is 13.8 Å². The quantitative estimate of drug-likeness (QED) is 0.591. The predicted molar refractivity (Wildman–Crippen MR) is 57.0 cm³/mol. The number of carbonyl (C=O) groups excluding carboxylic acids is 2. The highest BCUT2D eigenvalue weighted by Crippen LogP contribution is 2.10. The summed E-state index contributed by atoms with van der Waals surface area (Å²) in [5.41, 5.74) is 1.06. The lowest BCUT2D eigenvalue weighted by molar-refractivity contribution is -0.113. The van der Waals surface area contributed by atoms with Crippen LogP contribution in [0.1, 0.15) is 49.2 Å². The molecule has 4 nitrogen and oxygen atoms in total. The zero-order valence-corrected chi connectivity index (χ0v) is 9.39. The van der Waals surface area contributed by atoms with Gasteiger partial charge in [-0.15, -0.1) is 0 Å². The number of nitrogens with one attached hydrogen (secondary N) is 1. The molecular formula is C11H16N2O2. The Bertz CT molecular complexity index is 380. The van der Waals surface area contributed by atoms with Crippen molar-refractivity contribution in [2.75, 3.05) is 0 Å². The molecule has 0 aliphatic carbocycles. The number of aryl methyl sites for hydroxylation is 2. The maximum atomic E-state index is 11.5. The maximum Gasteiger partial charge on any atom is 0.246 e. The fourth-order valence-electron chi connectivity index (χ4n) is 1.44. The van der Waals surface area contributed by atoms with E-state index in [2.05, 4.69) is 9.97 Å². The third kappa shape index (κ3) is 2.52. The van der Waals surface area contributed by atoms with Crippen LogP contribution in [0.2, 0.25) is 0 Å². The van der Waals surface area contributed by atoms with Crippen molar-refractivity contribution in [1.29, 1.82) is 0 Å². The van der Waals surface area contributed by atoms with Gasteiger partial charge >= 0.3 is 0 Å². The molecule has 0 radical (unpaired) electrons. The predicted octanol–water partition coefficient (Wildman–Crippen LogP) is 1.70. The second-order valence-corrected chi connectivity index (χ2v) is 3.49. The van der Waals surface area contributed by atoms with Crippen molar-refractivity contribution in [1.82, 2.24) is 9.97 Å². The molecule has 0 unspecified atom stereocenters. The van der Waals surface area contributed by atoms with Crippen LogP contribution in [0, 0.1) is 0 Å². The molecule has 82 valence electrons. The van der Waals surface area contributed by atoms with Gasteiger partial charge in [0, 0.05) is 13.3 Å². The van der Waals surface area contributed by atoms with E-state index in [-0.39, 0.29) is 0 Å². The number of Topliss-reactive ketones (excluding diaryl/α,β-unsaturated/α-hetero) is 2. The van der Waals surface area contributed by atoms with Gasteiger partial charge in [0.15, 0.2) is 0 Å². The summed E-state index contributed by atoms with van der Waals surface area (Å²) in [4.78, 5) is 29.7. The van der Waals surface area contributed by atoms with Crippen molar-refractivity contribution in [3.8, 4) is 0 Å². The summed E-state index contributed by atoms with van der Waals surface area (Å²) in [5, 5.41) is 0. The maximum absolute atomic E-state index is 11.5. The van der Waals surface area contributed by atoms with Gasteiger partial charge < -0.3 is 4.98 Å². The van der Waals surface area contributed by atoms with Crippen LogP contribution < -0.4 is 0 Å². The summed E-state index contributed by atoms with van der Waals surface area (Å²) in [6, 6.07) is 0. The molecule has 1 aromatic rings. The van der Waals surface area contributed by atoms with E-state index in [1.165, 1.54) is 6.92 Å². The molecule has 0 aliphatic rings. The lowest BCUT2D eigenvalue weighted by atomic mass is 10.1. The zero-order chi connectivity index (χ0) is 11.4. The number of nitrogens with zero attached hydrogens (tertiary/aromatic N) is 1. The van der Waals surface area contributed by atoms with Gasteiger partial charge in [0.25, 0.3) is 0 Å². The molecule has 1 heterocycles. The molecule has 0 aliphatic heterocycles. The lowest BCUT2D eigenvalue weighted by Crippen LogP contribution is -2.12. The van der Waals surface area contributed by atoms with Crippen molar-refractivity contribution >= 4 is 11.6 Å². The van der Waals surface area contributed by atoms with Crippen LogP contribution in [0.15, 0.2) is 0 Å². The highest BCUT2D eigenvalue weighted by atomic mass is 16.2. The molecule has 0 bridgehead atoms. The standard InChI is InChI=1S/C11H16N2O2/c1-4-6-9-12-8(5-2)10(13-9)11(15)7(3)14/h4-6H2,1-3H3,(H,12,13). The van der Waals surface area contributed by atoms with Crippen LogP contribution in [-0.4, -0.2) is 21.5 Å². The molecule has 1 aromatic heterocycles. The second kappa shape index (κ2) is 4.87. The van der Waals surface area contributed by atoms with Crippen LogP contribution in [0.4, 0.5) is 0 Å². The molecule has 15 heavy (non-hydrogen) atoms. The van der Waals surface area contributed by atoms with E-state index < -0.39 is 11.6 Å². The van der Waals surface area contributed by atoms with E-state index in [4.69, 9.17) is 0 Å². The topological polar surface area (TPSA) is 62.8 Å². The monoisotopic (exact) mass is 208 g/mol. The van der Waals surface area contributed by atoms with Crippen molar-refractivity contribution in [3.63, 3.8) is 0 Å². The molecule has 0 saturated heterocycles.